The number of methoxy groups -OCH3 is 1. The van der Waals surface area contributed by atoms with Gasteiger partial charge in [-0.05, 0) is 56.4 Å². The third-order valence-corrected chi connectivity index (χ3v) is 8.00. The number of amides is 3. The number of carbonyl (C=O) groups is 2. The largest absolute Gasteiger partial charge is 0.495 e. The number of pyridine rings is 1. The number of ether oxygens (including phenoxy) is 2. The van der Waals surface area contributed by atoms with Crippen LogP contribution in [0, 0.1) is 0 Å². The Balaban J connectivity index is 1.19. The van der Waals surface area contributed by atoms with Crippen LogP contribution in [0.5, 0.6) is 5.75 Å². The highest BCUT2D eigenvalue weighted by molar-refractivity contribution is 6.03. The van der Waals surface area contributed by atoms with Crippen LogP contribution in [-0.2, 0) is 9.53 Å². The van der Waals surface area contributed by atoms with E-state index >= 15 is 0 Å². The summed E-state index contributed by atoms with van der Waals surface area (Å²) in [7, 11) is 1.54. The quantitative estimate of drug-likeness (QED) is 0.468. The zero-order valence-corrected chi connectivity index (χ0v) is 24.2. The number of piperazine rings is 1. The van der Waals surface area contributed by atoms with E-state index in [0.717, 1.165) is 32.4 Å². The van der Waals surface area contributed by atoms with Gasteiger partial charge >= 0.3 is 12.2 Å². The summed E-state index contributed by atoms with van der Waals surface area (Å²) in [5.41, 5.74) is -0.0761. The lowest BCUT2D eigenvalue weighted by Gasteiger charge is -2.35. The average molecular weight is 603 g/mol. The Morgan fingerprint density at radius 2 is 1.70 bits per heavy atom. The van der Waals surface area contributed by atoms with E-state index in [2.05, 4.69) is 15.6 Å². The maximum atomic E-state index is 13.9. The molecule has 43 heavy (non-hydrogen) atoms. The molecule has 2 fully saturated rings. The Bertz CT molecular complexity index is 1310. The first-order valence-electron chi connectivity index (χ1n) is 14.7. The van der Waals surface area contributed by atoms with E-state index in [1.54, 1.807) is 36.3 Å². The van der Waals surface area contributed by atoms with Crippen molar-refractivity contribution < 1.29 is 32.2 Å². The molecule has 0 radical (unpaired) electrons. The van der Waals surface area contributed by atoms with Crippen molar-refractivity contribution in [2.24, 2.45) is 0 Å². The van der Waals surface area contributed by atoms with Crippen LogP contribution in [0.15, 0.2) is 53.9 Å². The van der Waals surface area contributed by atoms with Gasteiger partial charge in [-0.3, -0.25) is 9.69 Å². The molecule has 4 heterocycles. The molecule has 0 bridgehead atoms. The Morgan fingerprint density at radius 1 is 0.953 bits per heavy atom. The highest BCUT2D eigenvalue weighted by atomic mass is 19.4. The van der Waals surface area contributed by atoms with Crippen molar-refractivity contribution in [3.63, 3.8) is 0 Å². The van der Waals surface area contributed by atoms with Gasteiger partial charge in [0.25, 0.3) is 5.91 Å². The molecular weight excluding hydrogens is 565 g/mol. The van der Waals surface area contributed by atoms with E-state index in [9.17, 15) is 22.8 Å². The summed E-state index contributed by atoms with van der Waals surface area (Å²) in [6, 6.07) is 10.3. The molecule has 3 aliphatic heterocycles. The molecule has 232 valence electrons. The number of alkyl halides is 3. The van der Waals surface area contributed by atoms with Gasteiger partial charge < -0.3 is 29.9 Å². The number of allylic oxidation sites excluding steroid dienone is 1. The molecule has 1 aromatic heterocycles. The molecule has 1 aromatic carbocycles. The Hall–Kier alpha value is -4.00. The Labute approximate surface area is 248 Å². The second-order valence-electron chi connectivity index (χ2n) is 10.8. The third-order valence-electron chi connectivity index (χ3n) is 8.00. The van der Waals surface area contributed by atoms with E-state index < -0.39 is 29.6 Å². The number of halogens is 3. The molecule has 1 atom stereocenters. The van der Waals surface area contributed by atoms with Gasteiger partial charge in [0.15, 0.2) is 12.0 Å². The topological polar surface area (TPSA) is 99.3 Å². The molecular formula is C30H37F3N6O4. The minimum Gasteiger partial charge on any atom is -0.495 e. The van der Waals surface area contributed by atoms with E-state index in [0.29, 0.717) is 56.3 Å². The fraction of sp³-hybridized carbons (Fsp3) is 0.500. The number of urea groups is 1. The molecule has 3 amide bonds. The number of piperidine rings is 1. The molecule has 5 rings (SSSR count). The van der Waals surface area contributed by atoms with E-state index in [4.69, 9.17) is 9.47 Å². The minimum absolute atomic E-state index is 0.231. The van der Waals surface area contributed by atoms with Gasteiger partial charge in [-0.25, -0.2) is 9.78 Å². The summed E-state index contributed by atoms with van der Waals surface area (Å²) in [5.74, 6) is -0.384. The molecule has 0 saturated carbocycles. The van der Waals surface area contributed by atoms with Gasteiger partial charge in [-0.1, -0.05) is 18.6 Å². The average Bonchev–Trinajstić information content (AvgIpc) is 3.26. The molecule has 13 heteroatoms. The Kier molecular flexibility index (Phi) is 9.59. The normalized spacial score (nSPS) is 20.2. The zero-order valence-electron chi connectivity index (χ0n) is 24.2. The summed E-state index contributed by atoms with van der Waals surface area (Å²) in [6.45, 7) is 3.48. The van der Waals surface area contributed by atoms with Gasteiger partial charge in [-0.2, -0.15) is 13.2 Å². The van der Waals surface area contributed by atoms with Gasteiger partial charge in [0.2, 0.25) is 0 Å². The minimum atomic E-state index is -4.67. The number of aromatic nitrogens is 1. The SMILES string of the molecule is COc1ccccc1NC(=O)N1CCN(c2ccc(NC(=O)C3=C(C(F)(F)F)CCCC(N4CCCCC4)O3)cn2)CC1. The van der Waals surface area contributed by atoms with Crippen LogP contribution in [-0.4, -0.2) is 85.5 Å². The Morgan fingerprint density at radius 3 is 2.37 bits per heavy atom. The lowest BCUT2D eigenvalue weighted by molar-refractivity contribution is -0.124. The summed E-state index contributed by atoms with van der Waals surface area (Å²) >= 11 is 0. The first-order chi connectivity index (χ1) is 20.7. The maximum absolute atomic E-state index is 13.9. The molecule has 2 aromatic rings. The molecule has 1 unspecified atom stereocenters. The molecule has 3 aliphatic rings. The second kappa shape index (κ2) is 13.5. The monoisotopic (exact) mass is 602 g/mol. The van der Waals surface area contributed by atoms with Crippen LogP contribution in [0.25, 0.3) is 0 Å². The van der Waals surface area contributed by atoms with Crippen LogP contribution in [0.4, 0.5) is 35.2 Å². The summed E-state index contributed by atoms with van der Waals surface area (Å²) < 4.78 is 52.9. The fourth-order valence-corrected chi connectivity index (χ4v) is 5.67. The van der Waals surface area contributed by atoms with Gasteiger partial charge in [0, 0.05) is 39.3 Å². The lowest BCUT2D eigenvalue weighted by Crippen LogP contribution is -2.50. The molecule has 0 aliphatic carbocycles. The van der Waals surface area contributed by atoms with Crippen molar-refractivity contribution in [1.29, 1.82) is 0 Å². The molecule has 2 N–H and O–H groups in total. The van der Waals surface area contributed by atoms with Gasteiger partial charge in [-0.15, -0.1) is 0 Å². The molecule has 10 nitrogen and oxygen atoms in total. The zero-order chi connectivity index (χ0) is 30.4. The standard InChI is InChI=1S/C30H37F3N6O4/c1-42-24-10-4-3-9-23(24)36-29(41)39-18-16-37(17-19-39)25-13-12-21(20-34-25)35-28(40)27-22(30(31,32)33)8-7-11-26(43-27)38-14-5-2-6-15-38/h3-4,9-10,12-13,20,26H,2,5-8,11,14-19H2,1H3,(H,35,40)(H,36,41). The number of anilines is 3. The van der Waals surface area contributed by atoms with Crippen molar-refractivity contribution in [3.8, 4) is 5.75 Å². The van der Waals surface area contributed by atoms with Crippen LogP contribution < -0.4 is 20.3 Å². The fourth-order valence-electron chi connectivity index (χ4n) is 5.67. The van der Waals surface area contributed by atoms with Crippen molar-refractivity contribution in [3.05, 3.63) is 53.9 Å². The number of likely N-dealkylation sites (tertiary alicyclic amines) is 1. The number of hydrogen-bond acceptors (Lipinski definition) is 7. The van der Waals surface area contributed by atoms with Crippen molar-refractivity contribution >= 4 is 29.1 Å². The lowest BCUT2D eigenvalue weighted by atomic mass is 10.1. The van der Waals surface area contributed by atoms with Gasteiger partial charge in [0.1, 0.15) is 11.6 Å². The van der Waals surface area contributed by atoms with Crippen molar-refractivity contribution in [2.75, 3.05) is 61.9 Å². The number of carbonyl (C=O) groups excluding carboxylic acids is 2. The van der Waals surface area contributed by atoms with Gasteiger partial charge in [0.05, 0.1) is 30.3 Å². The predicted octanol–water partition coefficient (Wildman–Crippen LogP) is 5.21. The summed E-state index contributed by atoms with van der Waals surface area (Å²) in [6.07, 6.45) is -0.356. The van der Waals surface area contributed by atoms with Crippen molar-refractivity contribution in [1.82, 2.24) is 14.8 Å². The maximum Gasteiger partial charge on any atom is 0.416 e. The van der Waals surface area contributed by atoms with E-state index in [1.165, 1.54) is 6.20 Å². The first-order valence-corrected chi connectivity index (χ1v) is 14.7. The molecule has 0 spiro atoms. The van der Waals surface area contributed by atoms with Crippen LogP contribution in [0.2, 0.25) is 0 Å². The number of nitrogens with zero attached hydrogens (tertiary/aromatic N) is 4. The number of hydrogen-bond donors (Lipinski definition) is 2. The summed E-state index contributed by atoms with van der Waals surface area (Å²) in [4.78, 5) is 36.1. The number of nitrogens with one attached hydrogen (secondary N) is 2. The highest BCUT2D eigenvalue weighted by Crippen LogP contribution is 2.37. The van der Waals surface area contributed by atoms with Crippen molar-refractivity contribution in [2.45, 2.75) is 50.9 Å². The first kappa shape index (κ1) is 30.5. The van der Waals surface area contributed by atoms with E-state index in [-0.39, 0.29) is 18.1 Å². The predicted molar refractivity (Wildman–Crippen MR) is 156 cm³/mol. The van der Waals surface area contributed by atoms with Crippen LogP contribution in [0.1, 0.15) is 38.5 Å². The number of para-hydroxylation sites is 2. The summed E-state index contributed by atoms with van der Waals surface area (Å²) in [5, 5.41) is 5.43. The van der Waals surface area contributed by atoms with Crippen LogP contribution in [0.3, 0.4) is 0 Å². The van der Waals surface area contributed by atoms with E-state index in [1.807, 2.05) is 21.9 Å². The third kappa shape index (κ3) is 7.51. The molecule has 2 saturated heterocycles. The number of benzene rings is 1. The highest BCUT2D eigenvalue weighted by Gasteiger charge is 2.42. The van der Waals surface area contributed by atoms with Crippen LogP contribution >= 0.6 is 0 Å². The second-order valence-corrected chi connectivity index (χ2v) is 10.8. The smallest absolute Gasteiger partial charge is 0.416 e. The number of rotatable bonds is 6.